The van der Waals surface area contributed by atoms with Crippen LogP contribution in [-0.4, -0.2) is 72.2 Å². The number of carbonyl (C=O) groups is 3. The Hall–Kier alpha value is -2.65. The van der Waals surface area contributed by atoms with Crippen LogP contribution < -0.4 is 21.1 Å². The zero-order valence-corrected chi connectivity index (χ0v) is 19.5. The van der Waals surface area contributed by atoms with Gasteiger partial charge in [-0.15, -0.1) is 0 Å². The number of hydrogen-bond donors (Lipinski definition) is 4. The molecule has 33 heavy (non-hydrogen) atoms. The molecule has 2 aliphatic heterocycles. The Morgan fingerprint density at radius 3 is 2.61 bits per heavy atom. The highest BCUT2D eigenvalue weighted by molar-refractivity contribution is 5.96. The Morgan fingerprint density at radius 1 is 1.21 bits per heavy atom. The van der Waals surface area contributed by atoms with Gasteiger partial charge >= 0.3 is 0 Å². The first kappa shape index (κ1) is 25.0. The van der Waals surface area contributed by atoms with E-state index in [2.05, 4.69) is 10.6 Å². The first-order valence-corrected chi connectivity index (χ1v) is 11.8. The van der Waals surface area contributed by atoms with Crippen LogP contribution in [0, 0.1) is 5.41 Å². The molecule has 2 aliphatic rings. The van der Waals surface area contributed by atoms with Crippen molar-refractivity contribution in [3.63, 3.8) is 0 Å². The molecule has 1 aromatic rings. The molecule has 3 rings (SSSR count). The van der Waals surface area contributed by atoms with Crippen LogP contribution in [0.2, 0.25) is 0 Å². The lowest BCUT2D eigenvalue weighted by atomic mass is 9.73. The first-order chi connectivity index (χ1) is 15.7. The van der Waals surface area contributed by atoms with Gasteiger partial charge in [0.1, 0.15) is 18.4 Å². The van der Waals surface area contributed by atoms with E-state index in [1.54, 1.807) is 23.1 Å². The third-order valence-corrected chi connectivity index (χ3v) is 6.68. The highest BCUT2D eigenvalue weighted by Crippen LogP contribution is 2.37. The normalized spacial score (nSPS) is 23.9. The molecular weight excluding hydrogens is 424 g/mol. The number of amides is 3. The zero-order valence-electron chi connectivity index (χ0n) is 19.5. The molecular formula is C24H36N4O5. The molecule has 0 aliphatic carbocycles. The Bertz CT molecular complexity index is 851. The lowest BCUT2D eigenvalue weighted by Crippen LogP contribution is -2.56. The average Bonchev–Trinajstić information content (AvgIpc) is 2.81. The van der Waals surface area contributed by atoms with E-state index in [0.717, 1.165) is 12.8 Å². The zero-order chi connectivity index (χ0) is 24.0. The molecule has 5 N–H and O–H groups in total. The molecule has 1 saturated heterocycles. The molecule has 2 heterocycles. The van der Waals surface area contributed by atoms with E-state index in [1.807, 2.05) is 13.0 Å². The van der Waals surface area contributed by atoms with Crippen LogP contribution in [-0.2, 0) is 9.59 Å². The van der Waals surface area contributed by atoms with Crippen molar-refractivity contribution < 1.29 is 24.2 Å². The van der Waals surface area contributed by atoms with E-state index in [0.29, 0.717) is 50.2 Å². The summed E-state index contributed by atoms with van der Waals surface area (Å²) >= 11 is 0. The number of fused-ring (bicyclic) bond motifs is 1. The van der Waals surface area contributed by atoms with Crippen molar-refractivity contribution in [3.05, 3.63) is 29.8 Å². The van der Waals surface area contributed by atoms with E-state index in [1.165, 1.54) is 6.92 Å². The number of rotatable bonds is 2. The number of hydrogen-bond acceptors (Lipinski definition) is 6. The molecule has 9 nitrogen and oxygen atoms in total. The summed E-state index contributed by atoms with van der Waals surface area (Å²) in [6.45, 7) is 4.96. The van der Waals surface area contributed by atoms with Crippen molar-refractivity contribution in [3.8, 4) is 5.75 Å². The second kappa shape index (κ2) is 11.0. The number of nitrogens with one attached hydrogen (secondary N) is 2. The fraction of sp³-hybridized carbons (Fsp3) is 0.625. The summed E-state index contributed by atoms with van der Waals surface area (Å²) in [4.78, 5) is 40.1. The van der Waals surface area contributed by atoms with Gasteiger partial charge in [-0.05, 0) is 51.7 Å². The fourth-order valence-electron chi connectivity index (χ4n) is 4.46. The van der Waals surface area contributed by atoms with E-state index < -0.39 is 17.6 Å². The molecule has 0 aromatic heterocycles. The van der Waals surface area contributed by atoms with Crippen LogP contribution in [0.5, 0.6) is 5.75 Å². The predicted molar refractivity (Wildman–Crippen MR) is 124 cm³/mol. The van der Waals surface area contributed by atoms with Crippen molar-refractivity contribution in [1.29, 1.82) is 0 Å². The van der Waals surface area contributed by atoms with Gasteiger partial charge in [0.15, 0.2) is 0 Å². The Morgan fingerprint density at radius 2 is 1.91 bits per heavy atom. The minimum absolute atomic E-state index is 0.0279. The van der Waals surface area contributed by atoms with E-state index in [-0.39, 0.29) is 30.4 Å². The maximum absolute atomic E-state index is 13.4. The summed E-state index contributed by atoms with van der Waals surface area (Å²) < 4.78 is 5.87. The van der Waals surface area contributed by atoms with Gasteiger partial charge in [0.05, 0.1) is 23.1 Å². The molecule has 3 atom stereocenters. The number of nitrogens with zero attached hydrogens (tertiary/aromatic N) is 1. The van der Waals surface area contributed by atoms with Crippen molar-refractivity contribution in [1.82, 2.24) is 15.5 Å². The maximum atomic E-state index is 13.4. The van der Waals surface area contributed by atoms with Gasteiger partial charge in [-0.1, -0.05) is 18.6 Å². The molecule has 3 amide bonds. The largest absolute Gasteiger partial charge is 0.491 e. The Balaban J connectivity index is 1.71. The topological polar surface area (TPSA) is 134 Å². The second-order valence-electron chi connectivity index (χ2n) is 9.27. The Kier molecular flexibility index (Phi) is 8.31. The minimum atomic E-state index is -0.958. The van der Waals surface area contributed by atoms with E-state index in [4.69, 9.17) is 10.5 Å². The maximum Gasteiger partial charge on any atom is 0.255 e. The minimum Gasteiger partial charge on any atom is -0.491 e. The lowest BCUT2D eigenvalue weighted by molar-refractivity contribution is -0.143. The quantitative estimate of drug-likeness (QED) is 0.516. The van der Waals surface area contributed by atoms with Crippen molar-refractivity contribution in [2.45, 2.75) is 64.1 Å². The number of carbonyl (C=O) groups excluding carboxylic acids is 3. The van der Waals surface area contributed by atoms with Gasteiger partial charge in [-0.2, -0.15) is 0 Å². The van der Waals surface area contributed by atoms with Gasteiger partial charge < -0.3 is 31.1 Å². The standard InChI is InChI=1S/C24H36N4O5/c1-16-15-33-19-8-4-3-7-18(19)21(30)26-12-6-5-9-24(23(32)27-16)10-13-28(14-11-24)22(31)20(25)17(2)29/h3-4,7-8,16-17,20,29H,5-6,9-15,25H2,1-2H3,(H,26,30)(H,27,32)/t16-,17-,20+/m1/s1. The number of aliphatic hydroxyl groups is 1. The predicted octanol–water partition coefficient (Wildman–Crippen LogP) is 0.801. The second-order valence-corrected chi connectivity index (χ2v) is 9.27. The third kappa shape index (κ3) is 6.03. The third-order valence-electron chi connectivity index (χ3n) is 6.68. The Labute approximate surface area is 195 Å². The molecule has 182 valence electrons. The highest BCUT2D eigenvalue weighted by Gasteiger charge is 2.43. The van der Waals surface area contributed by atoms with Gasteiger partial charge in [0.25, 0.3) is 5.91 Å². The summed E-state index contributed by atoms with van der Waals surface area (Å²) in [5.74, 6) is 0.00340. The summed E-state index contributed by atoms with van der Waals surface area (Å²) in [5.41, 5.74) is 5.72. The number of aliphatic hydroxyl groups excluding tert-OH is 1. The fourth-order valence-corrected chi connectivity index (χ4v) is 4.46. The summed E-state index contributed by atoms with van der Waals surface area (Å²) in [6, 6.07) is 5.88. The molecule has 9 heteroatoms. The summed E-state index contributed by atoms with van der Waals surface area (Å²) in [7, 11) is 0. The van der Waals surface area contributed by atoms with Crippen LogP contribution in [0.15, 0.2) is 24.3 Å². The highest BCUT2D eigenvalue weighted by atomic mass is 16.5. The number of benzene rings is 1. The van der Waals surface area contributed by atoms with Crippen LogP contribution in [0.25, 0.3) is 0 Å². The number of nitrogens with two attached hydrogens (primary N) is 1. The molecule has 0 bridgehead atoms. The lowest BCUT2D eigenvalue weighted by Gasteiger charge is -2.42. The van der Waals surface area contributed by atoms with E-state index in [9.17, 15) is 19.5 Å². The molecule has 0 saturated carbocycles. The molecule has 0 radical (unpaired) electrons. The van der Waals surface area contributed by atoms with Crippen molar-refractivity contribution in [2.24, 2.45) is 11.1 Å². The molecule has 1 aromatic carbocycles. The monoisotopic (exact) mass is 460 g/mol. The SMILES string of the molecule is C[C@@H]1COc2ccccc2C(=O)NCCCCC2(CCN(C(=O)[C@@H](N)[C@@H](C)O)CC2)C(=O)N1. The summed E-state index contributed by atoms with van der Waals surface area (Å²) in [6.07, 6.45) is 2.33. The van der Waals surface area contributed by atoms with Crippen LogP contribution in [0.4, 0.5) is 0 Å². The van der Waals surface area contributed by atoms with E-state index >= 15 is 0 Å². The number of likely N-dealkylation sites (tertiary alicyclic amines) is 1. The number of piperidine rings is 1. The van der Waals surface area contributed by atoms with Gasteiger partial charge in [0, 0.05) is 19.6 Å². The van der Waals surface area contributed by atoms with Crippen molar-refractivity contribution >= 4 is 17.7 Å². The number of ether oxygens (including phenoxy) is 1. The number of para-hydroxylation sites is 1. The van der Waals surface area contributed by atoms with Gasteiger partial charge in [-0.25, -0.2) is 0 Å². The van der Waals surface area contributed by atoms with Gasteiger partial charge in [0.2, 0.25) is 11.8 Å². The summed E-state index contributed by atoms with van der Waals surface area (Å²) in [5, 5.41) is 15.7. The molecule has 1 spiro atoms. The van der Waals surface area contributed by atoms with Crippen LogP contribution >= 0.6 is 0 Å². The van der Waals surface area contributed by atoms with Crippen molar-refractivity contribution in [2.75, 3.05) is 26.2 Å². The first-order valence-electron chi connectivity index (χ1n) is 11.8. The van der Waals surface area contributed by atoms with Crippen LogP contribution in [0.3, 0.4) is 0 Å². The van der Waals surface area contributed by atoms with Gasteiger partial charge in [-0.3, -0.25) is 14.4 Å². The molecule has 1 fully saturated rings. The smallest absolute Gasteiger partial charge is 0.255 e. The molecule has 0 unspecified atom stereocenters. The van der Waals surface area contributed by atoms with Crippen LogP contribution in [0.1, 0.15) is 56.3 Å². The average molecular weight is 461 g/mol.